The zero-order valence-corrected chi connectivity index (χ0v) is 21.2. The summed E-state index contributed by atoms with van der Waals surface area (Å²) in [5, 5.41) is 7.02. The summed E-state index contributed by atoms with van der Waals surface area (Å²) < 4.78 is 18.4. The molecule has 3 N–H and O–H groups in total. The Labute approximate surface area is 214 Å². The van der Waals surface area contributed by atoms with Gasteiger partial charge >= 0.3 is 0 Å². The van der Waals surface area contributed by atoms with Crippen molar-refractivity contribution in [3.63, 3.8) is 0 Å². The number of amides is 2. The van der Waals surface area contributed by atoms with Crippen molar-refractivity contribution < 1.29 is 13.8 Å². The van der Waals surface area contributed by atoms with Crippen LogP contribution in [0.1, 0.15) is 37.7 Å². The van der Waals surface area contributed by atoms with E-state index in [1.54, 1.807) is 67.7 Å². The monoisotopic (exact) mass is 512 g/mol. The van der Waals surface area contributed by atoms with E-state index in [4.69, 9.17) is 5.73 Å². The maximum Gasteiger partial charge on any atom is 0.286 e. The Hall–Kier alpha value is -4.75. The van der Waals surface area contributed by atoms with E-state index in [2.05, 4.69) is 31.6 Å². The molecule has 1 atom stereocenters. The fourth-order valence-corrected chi connectivity index (χ4v) is 4.65. The van der Waals surface area contributed by atoms with Crippen molar-refractivity contribution in [1.82, 2.24) is 14.8 Å². The van der Waals surface area contributed by atoms with Gasteiger partial charge in [0.05, 0.1) is 26.5 Å². The van der Waals surface area contributed by atoms with Gasteiger partial charge in [-0.25, -0.2) is 9.19 Å². The first kappa shape index (κ1) is 25.3. The van der Waals surface area contributed by atoms with Gasteiger partial charge in [-0.3, -0.25) is 14.3 Å². The Morgan fingerprint density at radius 1 is 1.05 bits per heavy atom. The van der Waals surface area contributed by atoms with Crippen molar-refractivity contribution in [2.75, 3.05) is 17.3 Å². The molecular formula is C27H24N6O3S. The Bertz CT molecular complexity index is 1690. The summed E-state index contributed by atoms with van der Waals surface area (Å²) in [5.41, 5.74) is 8.76. The van der Waals surface area contributed by atoms with Crippen LogP contribution in [-0.4, -0.2) is 37.0 Å². The molecule has 0 saturated carbocycles. The van der Waals surface area contributed by atoms with Gasteiger partial charge in [-0.2, -0.15) is 9.46 Å². The molecule has 2 heterocycles. The van der Waals surface area contributed by atoms with Gasteiger partial charge in [-0.05, 0) is 49.4 Å². The molecule has 37 heavy (non-hydrogen) atoms. The molecule has 0 radical (unpaired) electrons. The van der Waals surface area contributed by atoms with E-state index >= 15 is 0 Å². The van der Waals surface area contributed by atoms with Gasteiger partial charge in [0, 0.05) is 35.6 Å². The van der Waals surface area contributed by atoms with E-state index in [1.165, 1.54) is 23.2 Å². The van der Waals surface area contributed by atoms with E-state index in [0.29, 0.717) is 27.4 Å². The average Bonchev–Trinajstić information content (AvgIpc) is 3.22. The third-order valence-electron chi connectivity index (χ3n) is 5.30. The molecule has 0 aliphatic carbocycles. The van der Waals surface area contributed by atoms with Gasteiger partial charge in [0.1, 0.15) is 11.5 Å². The molecule has 2 aromatic carbocycles. The van der Waals surface area contributed by atoms with Crippen molar-refractivity contribution >= 4 is 33.0 Å². The highest BCUT2D eigenvalue weighted by molar-refractivity contribution is 7.93. The first-order chi connectivity index (χ1) is 17.6. The topological polar surface area (TPSA) is 132 Å². The van der Waals surface area contributed by atoms with Crippen LogP contribution in [0.5, 0.6) is 0 Å². The zero-order chi connectivity index (χ0) is 26.6. The lowest BCUT2D eigenvalue weighted by molar-refractivity contribution is 0.0999. The number of pyridine rings is 1. The standard InChI is InChI=1S/C27H24N6O3S/c1-18-14-24(33(2)31-18)27(35)30-22-9-7-8-19(15-22)12-13-20-16-21(17-29-25(20)28)26(34)32-37(3,36)23-10-5-4-6-11-23/h4-11,14-17H,1-3H3,(H2,28,29)(H,30,35)/t37-/m0/s1. The van der Waals surface area contributed by atoms with Gasteiger partial charge in [0.25, 0.3) is 11.8 Å². The van der Waals surface area contributed by atoms with Crippen LogP contribution in [0, 0.1) is 18.8 Å². The number of nitrogens with zero attached hydrogens (tertiary/aromatic N) is 4. The molecule has 186 valence electrons. The van der Waals surface area contributed by atoms with Gasteiger partial charge in [-0.15, -0.1) is 0 Å². The van der Waals surface area contributed by atoms with Gasteiger partial charge in [0.15, 0.2) is 0 Å². The van der Waals surface area contributed by atoms with Crippen LogP contribution < -0.4 is 11.1 Å². The molecule has 10 heteroatoms. The molecular weight excluding hydrogens is 488 g/mol. The Morgan fingerprint density at radius 2 is 1.81 bits per heavy atom. The third kappa shape index (κ3) is 6.09. The second-order valence-electron chi connectivity index (χ2n) is 8.25. The second-order valence-corrected chi connectivity index (χ2v) is 10.5. The second kappa shape index (κ2) is 10.5. The van der Waals surface area contributed by atoms with Crippen molar-refractivity contribution in [3.05, 3.63) is 101 Å². The predicted molar refractivity (Wildman–Crippen MR) is 143 cm³/mol. The summed E-state index contributed by atoms with van der Waals surface area (Å²) in [7, 11) is -1.23. The van der Waals surface area contributed by atoms with Crippen LogP contribution in [0.2, 0.25) is 0 Å². The lowest BCUT2D eigenvalue weighted by Gasteiger charge is -2.06. The number of rotatable bonds is 4. The number of hydrogen-bond acceptors (Lipinski definition) is 6. The number of carbonyl (C=O) groups excluding carboxylic acids is 2. The molecule has 4 aromatic rings. The number of nitrogens with two attached hydrogens (primary N) is 1. The SMILES string of the molecule is Cc1cc(C(=O)Nc2cccc(C#Cc3cc(C(=O)N=[S@@](C)(=O)c4ccccc4)cnc3N)c2)n(C)n1. The minimum absolute atomic E-state index is 0.122. The third-order valence-corrected chi connectivity index (χ3v) is 6.96. The largest absolute Gasteiger partial charge is 0.383 e. The normalized spacial score (nSPS) is 12.1. The van der Waals surface area contributed by atoms with Crippen LogP contribution >= 0.6 is 0 Å². The van der Waals surface area contributed by atoms with Crippen LogP contribution in [-0.2, 0) is 16.8 Å². The van der Waals surface area contributed by atoms with Crippen LogP contribution in [0.25, 0.3) is 0 Å². The van der Waals surface area contributed by atoms with Crippen LogP contribution in [0.15, 0.2) is 82.2 Å². The Morgan fingerprint density at radius 3 is 2.51 bits per heavy atom. The summed E-state index contributed by atoms with van der Waals surface area (Å²) in [4.78, 5) is 29.8. The number of aryl methyl sites for hydroxylation is 2. The molecule has 4 rings (SSSR count). The van der Waals surface area contributed by atoms with E-state index in [9.17, 15) is 13.8 Å². The Kier molecular flexibility index (Phi) is 7.18. The fourth-order valence-electron chi connectivity index (χ4n) is 3.46. The minimum atomic E-state index is -2.93. The van der Waals surface area contributed by atoms with E-state index in [1.807, 2.05) is 6.92 Å². The summed E-state index contributed by atoms with van der Waals surface area (Å²) in [5.74, 6) is 5.06. The lowest BCUT2D eigenvalue weighted by Crippen LogP contribution is -2.16. The fraction of sp³-hybridized carbons (Fsp3) is 0.111. The number of hydrogen-bond donors (Lipinski definition) is 2. The molecule has 0 aliphatic heterocycles. The first-order valence-corrected chi connectivity index (χ1v) is 13.1. The average molecular weight is 513 g/mol. The lowest BCUT2D eigenvalue weighted by atomic mass is 10.1. The molecule has 9 nitrogen and oxygen atoms in total. The maximum absolute atomic E-state index is 13.0. The van der Waals surface area contributed by atoms with Crippen molar-refractivity contribution in [2.24, 2.45) is 11.4 Å². The molecule has 0 spiro atoms. The van der Waals surface area contributed by atoms with E-state index < -0.39 is 15.6 Å². The predicted octanol–water partition coefficient (Wildman–Crippen LogP) is 3.65. The summed E-state index contributed by atoms with van der Waals surface area (Å²) in [6.45, 7) is 1.81. The number of anilines is 2. The molecule has 0 aliphatic rings. The first-order valence-electron chi connectivity index (χ1n) is 11.1. The smallest absolute Gasteiger partial charge is 0.286 e. The quantitative estimate of drug-likeness (QED) is 0.401. The van der Waals surface area contributed by atoms with E-state index in [0.717, 1.165) is 5.69 Å². The van der Waals surface area contributed by atoms with Crippen molar-refractivity contribution in [3.8, 4) is 11.8 Å². The summed E-state index contributed by atoms with van der Waals surface area (Å²) >= 11 is 0. The molecule has 0 saturated heterocycles. The minimum Gasteiger partial charge on any atom is -0.383 e. The highest BCUT2D eigenvalue weighted by Gasteiger charge is 2.14. The van der Waals surface area contributed by atoms with Crippen molar-refractivity contribution in [1.29, 1.82) is 0 Å². The van der Waals surface area contributed by atoms with Crippen molar-refractivity contribution in [2.45, 2.75) is 11.8 Å². The highest BCUT2D eigenvalue weighted by Crippen LogP contribution is 2.16. The van der Waals surface area contributed by atoms with Gasteiger partial charge < -0.3 is 11.1 Å². The maximum atomic E-state index is 13.0. The molecule has 0 bridgehead atoms. The van der Waals surface area contributed by atoms with Gasteiger partial charge in [0.2, 0.25) is 0 Å². The number of nitrogens with one attached hydrogen (secondary N) is 1. The van der Waals surface area contributed by atoms with Crippen LogP contribution in [0.3, 0.4) is 0 Å². The zero-order valence-electron chi connectivity index (χ0n) is 20.4. The molecule has 0 unspecified atom stereocenters. The number of nitrogen functional groups attached to an aromatic ring is 1. The van der Waals surface area contributed by atoms with Gasteiger partial charge in [-0.1, -0.05) is 36.1 Å². The number of benzene rings is 2. The summed E-state index contributed by atoms with van der Waals surface area (Å²) in [6.07, 6.45) is 2.69. The highest BCUT2D eigenvalue weighted by atomic mass is 32.2. The number of aromatic nitrogens is 3. The Balaban J connectivity index is 1.56. The molecule has 2 aromatic heterocycles. The van der Waals surface area contributed by atoms with Crippen LogP contribution in [0.4, 0.5) is 11.5 Å². The molecule has 2 amide bonds. The summed E-state index contributed by atoms with van der Waals surface area (Å²) in [6, 6.07) is 18.7. The van der Waals surface area contributed by atoms with E-state index in [-0.39, 0.29) is 17.3 Å². The number of carbonyl (C=O) groups is 2. The molecule has 0 fully saturated rings.